The van der Waals surface area contributed by atoms with Crippen molar-refractivity contribution in [2.75, 3.05) is 6.54 Å². The number of amides is 3. The number of carbonyl (C=O) groups excluding carboxylic acids is 4. The molecule has 2 aliphatic heterocycles. The van der Waals surface area contributed by atoms with Gasteiger partial charge in [-0.1, -0.05) is 68.2 Å². The summed E-state index contributed by atoms with van der Waals surface area (Å²) in [6.07, 6.45) is 10.8. The first kappa shape index (κ1) is 42.3. The lowest BCUT2D eigenvalue weighted by molar-refractivity contribution is -0.156. The summed E-state index contributed by atoms with van der Waals surface area (Å²) in [6.45, 7) is 4.13. The van der Waals surface area contributed by atoms with Crippen molar-refractivity contribution < 1.29 is 37.1 Å². The largest absolute Gasteiger partial charge is 0.462 e. The highest BCUT2D eigenvalue weighted by Gasteiger charge is 2.62. The average Bonchev–Trinajstić information content (AvgIpc) is 4.05. The third kappa shape index (κ3) is 8.53. The summed E-state index contributed by atoms with van der Waals surface area (Å²) < 4.78 is 42.4. The zero-order valence-electron chi connectivity index (χ0n) is 35.2. The maximum Gasteiger partial charge on any atom is 0.306 e. The topological polar surface area (TPSA) is 183 Å². The van der Waals surface area contributed by atoms with Crippen molar-refractivity contribution >= 4 is 44.6 Å². The molecule has 1 saturated heterocycles. The molecule has 2 bridgehead atoms. The van der Waals surface area contributed by atoms with E-state index in [9.17, 15) is 27.6 Å². The van der Waals surface area contributed by atoms with Gasteiger partial charge in [-0.2, -0.15) is 4.98 Å². The summed E-state index contributed by atoms with van der Waals surface area (Å²) in [7, 11) is -3.92. The van der Waals surface area contributed by atoms with Crippen LogP contribution in [0.3, 0.4) is 0 Å². The van der Waals surface area contributed by atoms with Crippen LogP contribution in [-0.4, -0.2) is 82.1 Å². The first-order chi connectivity index (χ1) is 29.9. The lowest BCUT2D eigenvalue weighted by atomic mass is 9.86. The summed E-state index contributed by atoms with van der Waals surface area (Å²) >= 11 is 0. The van der Waals surface area contributed by atoms with E-state index in [1.54, 1.807) is 10.6 Å². The smallest absolute Gasteiger partial charge is 0.306 e. The Labute approximate surface area is 362 Å². The summed E-state index contributed by atoms with van der Waals surface area (Å²) in [4.78, 5) is 78.0. The lowest BCUT2D eigenvalue weighted by Crippen LogP contribution is -2.57. The Bertz CT molecular complexity index is 2410. The highest BCUT2D eigenvalue weighted by molar-refractivity contribution is 7.91. The van der Waals surface area contributed by atoms with Crippen LogP contribution in [0.25, 0.3) is 22.0 Å². The highest BCUT2D eigenvalue weighted by atomic mass is 32.2. The molecule has 2 aromatic carbocycles. The Morgan fingerprint density at radius 3 is 2.34 bits per heavy atom. The van der Waals surface area contributed by atoms with Gasteiger partial charge >= 0.3 is 5.97 Å². The molecular formula is C47H57N5O9S. The molecule has 0 spiro atoms. The van der Waals surface area contributed by atoms with Gasteiger partial charge in [0.05, 0.1) is 35.0 Å². The van der Waals surface area contributed by atoms with Gasteiger partial charge in [0.1, 0.15) is 23.8 Å². The Morgan fingerprint density at radius 2 is 1.60 bits per heavy atom. The summed E-state index contributed by atoms with van der Waals surface area (Å²) in [5, 5.41) is 2.66. The van der Waals surface area contributed by atoms with Crippen LogP contribution in [0.2, 0.25) is 0 Å². The van der Waals surface area contributed by atoms with E-state index in [0.29, 0.717) is 36.7 Å². The summed E-state index contributed by atoms with van der Waals surface area (Å²) in [5.41, 5.74) is 0.485. The molecule has 4 saturated carbocycles. The van der Waals surface area contributed by atoms with E-state index in [1.807, 2.05) is 42.5 Å². The molecule has 3 amide bonds. The standard InChI is InChI=1S/C47H57N5O9S/c1-2-33-27-47(33,45(57)50-62(58,59)35-20-21-35)49-42(54)39-25-34-28-52(39)44(56)37(30-14-8-9-15-30)26-41(53)61-40-18-11-17-31(40)16-7-4-10-23-51-43(55)36-22-19-32(29-12-5-3-6-13-29)24-38(36)48-46(51)60-34/h2-3,5-6,12-13,19,22,24,30-31,33-35,37,39-40H,1,4,7-11,14-18,20-21,23,25-28H2,(H,49,54)(H,50,57)/t31-,33+,34-,37+,39+,40-,47-/m1/s1. The number of carbonyl (C=O) groups is 4. The molecule has 15 heteroatoms. The highest BCUT2D eigenvalue weighted by Crippen LogP contribution is 2.46. The van der Waals surface area contributed by atoms with Gasteiger partial charge in [0.15, 0.2) is 0 Å². The van der Waals surface area contributed by atoms with Crippen molar-refractivity contribution in [1.82, 2.24) is 24.5 Å². The molecule has 2 N–H and O–H groups in total. The second-order valence-electron chi connectivity index (χ2n) is 18.5. The molecule has 4 aliphatic carbocycles. The monoisotopic (exact) mass is 867 g/mol. The van der Waals surface area contributed by atoms with Crippen LogP contribution in [0.5, 0.6) is 6.01 Å². The van der Waals surface area contributed by atoms with Crippen LogP contribution < -0.4 is 20.3 Å². The molecule has 330 valence electrons. The number of sulfonamides is 1. The molecule has 6 aliphatic rings. The van der Waals surface area contributed by atoms with Crippen LogP contribution in [-0.2, 0) is 40.5 Å². The van der Waals surface area contributed by atoms with Crippen LogP contribution in [0.1, 0.15) is 103 Å². The van der Waals surface area contributed by atoms with E-state index in [2.05, 4.69) is 16.6 Å². The molecule has 3 heterocycles. The number of hydrogen-bond donors (Lipinski definition) is 2. The molecule has 7 atom stereocenters. The third-order valence-corrected chi connectivity index (χ3v) is 16.2. The van der Waals surface area contributed by atoms with Gasteiger partial charge in [-0.05, 0) is 99.3 Å². The summed E-state index contributed by atoms with van der Waals surface area (Å²) in [6, 6.07) is 14.3. The number of fused-ring (bicyclic) bond motifs is 5. The molecule has 0 unspecified atom stereocenters. The van der Waals surface area contributed by atoms with Gasteiger partial charge in [-0.25, -0.2) is 8.42 Å². The number of nitrogens with zero attached hydrogens (tertiary/aromatic N) is 3. The van der Waals surface area contributed by atoms with Crippen molar-refractivity contribution in [2.45, 2.75) is 138 Å². The van der Waals surface area contributed by atoms with E-state index in [0.717, 1.165) is 75.3 Å². The average molecular weight is 868 g/mol. The van der Waals surface area contributed by atoms with E-state index in [1.165, 1.54) is 11.0 Å². The zero-order chi connectivity index (χ0) is 43.2. The van der Waals surface area contributed by atoms with E-state index < -0.39 is 62.6 Å². The van der Waals surface area contributed by atoms with Gasteiger partial charge in [-0.15, -0.1) is 6.58 Å². The van der Waals surface area contributed by atoms with Crippen LogP contribution >= 0.6 is 0 Å². The van der Waals surface area contributed by atoms with Crippen LogP contribution in [0.15, 0.2) is 66.0 Å². The first-order valence-corrected chi connectivity index (χ1v) is 24.3. The van der Waals surface area contributed by atoms with Crippen LogP contribution in [0.4, 0.5) is 0 Å². The maximum atomic E-state index is 15.1. The van der Waals surface area contributed by atoms with E-state index in [-0.39, 0.29) is 61.2 Å². The van der Waals surface area contributed by atoms with Gasteiger partial charge in [-0.3, -0.25) is 33.3 Å². The minimum atomic E-state index is -3.92. The number of rotatable bonds is 8. The number of ether oxygens (including phenoxy) is 2. The molecule has 14 nitrogen and oxygen atoms in total. The second-order valence-corrected chi connectivity index (χ2v) is 20.5. The van der Waals surface area contributed by atoms with Crippen LogP contribution in [0, 0.1) is 23.7 Å². The van der Waals surface area contributed by atoms with Crippen molar-refractivity contribution in [3.8, 4) is 17.1 Å². The fourth-order valence-corrected chi connectivity index (χ4v) is 12.0. The predicted molar refractivity (Wildman–Crippen MR) is 231 cm³/mol. The molecule has 1 aromatic heterocycles. The van der Waals surface area contributed by atoms with Crippen molar-refractivity contribution in [3.63, 3.8) is 0 Å². The van der Waals surface area contributed by atoms with Gasteiger partial charge in [0, 0.05) is 18.9 Å². The van der Waals surface area contributed by atoms with Crippen molar-refractivity contribution in [3.05, 3.63) is 71.5 Å². The maximum absolute atomic E-state index is 15.1. The fourth-order valence-electron chi connectivity index (χ4n) is 10.6. The normalized spacial score (nSPS) is 29.7. The van der Waals surface area contributed by atoms with Gasteiger partial charge < -0.3 is 19.7 Å². The Morgan fingerprint density at radius 1 is 0.855 bits per heavy atom. The molecular weight excluding hydrogens is 811 g/mol. The second kappa shape index (κ2) is 17.3. The lowest BCUT2D eigenvalue weighted by Gasteiger charge is -2.32. The van der Waals surface area contributed by atoms with Crippen molar-refractivity contribution in [1.29, 1.82) is 0 Å². The molecule has 3 aromatic rings. The number of nitrogens with one attached hydrogen (secondary N) is 2. The molecule has 9 rings (SSSR count). The van der Waals surface area contributed by atoms with Gasteiger partial charge in [0.25, 0.3) is 17.5 Å². The van der Waals surface area contributed by atoms with E-state index in [4.69, 9.17) is 14.5 Å². The summed E-state index contributed by atoms with van der Waals surface area (Å²) in [5.74, 6) is -3.39. The first-order valence-electron chi connectivity index (χ1n) is 22.7. The Kier molecular flexibility index (Phi) is 11.8. The third-order valence-electron chi connectivity index (χ3n) is 14.4. The quantitative estimate of drug-likeness (QED) is 0.215. The molecule has 5 fully saturated rings. The fraction of sp³-hybridized carbons (Fsp3) is 0.574. The zero-order valence-corrected chi connectivity index (χ0v) is 36.0. The minimum Gasteiger partial charge on any atom is -0.462 e. The Hall–Kier alpha value is -5.05. The molecule has 0 radical (unpaired) electrons. The number of benzene rings is 2. The van der Waals surface area contributed by atoms with Gasteiger partial charge in [0.2, 0.25) is 21.8 Å². The SMILES string of the molecule is C=C[C@H]1C[C@]1(NC(=O)[C@@H]1C[C@@H]2CN1C(=O)[C@H](C1CCCC1)CC(=O)O[C@@H]1CCC[C@H]1CCCCCn1c(nc3cc(-c4ccccc4)ccc3c1=O)O2)C(=O)NS(=O)(=O)C1CC1. The predicted octanol–water partition coefficient (Wildman–Crippen LogP) is 5.56. The Balaban J connectivity index is 1.08. The number of aromatic nitrogens is 2. The van der Waals surface area contributed by atoms with Crippen molar-refractivity contribution in [2.24, 2.45) is 23.7 Å². The number of esters is 1. The van der Waals surface area contributed by atoms with E-state index >= 15 is 4.79 Å². The molecule has 62 heavy (non-hydrogen) atoms. The minimum absolute atomic E-state index is 0.00203. The number of hydrogen-bond acceptors (Lipinski definition) is 10.